The minimum absolute atomic E-state index is 0.0657. The number of aryl methyl sites for hydroxylation is 1. The average Bonchev–Trinajstić information content (AvgIpc) is 3.16. The third-order valence-corrected chi connectivity index (χ3v) is 4.22. The maximum Gasteiger partial charge on any atom is 0.180 e. The lowest BCUT2D eigenvalue weighted by atomic mass is 10.0. The first kappa shape index (κ1) is 14.0. The van der Waals surface area contributed by atoms with Crippen molar-refractivity contribution in [2.75, 3.05) is 5.32 Å². The van der Waals surface area contributed by atoms with Gasteiger partial charge in [-0.25, -0.2) is 9.97 Å². The summed E-state index contributed by atoms with van der Waals surface area (Å²) in [5.74, 6) is 3.23. The highest BCUT2D eigenvalue weighted by Gasteiger charge is 2.26. The molecule has 0 bridgehead atoms. The summed E-state index contributed by atoms with van der Waals surface area (Å²) in [5, 5.41) is 12.2. The Morgan fingerprint density at radius 1 is 1.13 bits per heavy atom. The molecule has 0 aromatic carbocycles. The van der Waals surface area contributed by atoms with Gasteiger partial charge in [-0.1, -0.05) is 13.8 Å². The second-order valence-corrected chi connectivity index (χ2v) is 6.19. The number of fused-ring (bicyclic) bond motifs is 2. The molecule has 1 aliphatic heterocycles. The summed E-state index contributed by atoms with van der Waals surface area (Å²) in [6.07, 6.45) is 5.49. The van der Waals surface area contributed by atoms with Crippen LogP contribution in [0.15, 0.2) is 24.5 Å². The first-order valence-electron chi connectivity index (χ1n) is 7.98. The van der Waals surface area contributed by atoms with E-state index in [0.717, 1.165) is 42.4 Å². The van der Waals surface area contributed by atoms with Gasteiger partial charge in [-0.15, -0.1) is 10.2 Å². The van der Waals surface area contributed by atoms with Crippen molar-refractivity contribution in [3.8, 4) is 0 Å². The summed E-state index contributed by atoms with van der Waals surface area (Å²) in [6.45, 7) is 5.35. The van der Waals surface area contributed by atoms with Crippen LogP contribution in [-0.2, 0) is 13.0 Å². The van der Waals surface area contributed by atoms with E-state index in [0.29, 0.717) is 11.6 Å². The smallest absolute Gasteiger partial charge is 0.180 e. The maximum atomic E-state index is 4.56. The van der Waals surface area contributed by atoms with Gasteiger partial charge >= 0.3 is 0 Å². The van der Waals surface area contributed by atoms with Gasteiger partial charge in [0.05, 0.1) is 6.04 Å². The summed E-state index contributed by atoms with van der Waals surface area (Å²) < 4.78 is 2.23. The van der Waals surface area contributed by atoms with Crippen LogP contribution in [0.1, 0.15) is 38.0 Å². The van der Waals surface area contributed by atoms with Gasteiger partial charge in [-0.2, -0.15) is 0 Å². The highest BCUT2D eigenvalue weighted by molar-refractivity contribution is 5.71. The molecule has 0 amide bonds. The predicted octanol–water partition coefficient (Wildman–Crippen LogP) is 2.37. The molecule has 0 saturated carbocycles. The summed E-state index contributed by atoms with van der Waals surface area (Å²) in [6, 6.07) is 3.94. The lowest BCUT2D eigenvalue weighted by Crippen LogP contribution is -2.21. The fourth-order valence-electron chi connectivity index (χ4n) is 3.03. The lowest BCUT2D eigenvalue weighted by molar-refractivity contribution is 0.495. The summed E-state index contributed by atoms with van der Waals surface area (Å²) in [4.78, 5) is 13.1. The average molecular weight is 309 g/mol. The molecular formula is C16H19N7. The van der Waals surface area contributed by atoms with Crippen molar-refractivity contribution in [3.05, 3.63) is 36.2 Å². The van der Waals surface area contributed by atoms with E-state index >= 15 is 0 Å². The van der Waals surface area contributed by atoms with Crippen LogP contribution < -0.4 is 5.32 Å². The minimum atomic E-state index is 0.0657. The first-order valence-corrected chi connectivity index (χ1v) is 7.98. The molecule has 3 aromatic rings. The van der Waals surface area contributed by atoms with E-state index < -0.39 is 0 Å². The molecule has 0 saturated heterocycles. The summed E-state index contributed by atoms with van der Waals surface area (Å²) in [5.41, 5.74) is 1.44. The minimum Gasteiger partial charge on any atom is -0.360 e. The topological polar surface area (TPSA) is 81.4 Å². The van der Waals surface area contributed by atoms with E-state index in [1.54, 1.807) is 12.4 Å². The van der Waals surface area contributed by atoms with Gasteiger partial charge in [0.2, 0.25) is 0 Å². The van der Waals surface area contributed by atoms with Crippen molar-refractivity contribution in [2.45, 2.75) is 39.3 Å². The Labute approximate surface area is 134 Å². The van der Waals surface area contributed by atoms with Crippen molar-refractivity contribution < 1.29 is 0 Å². The second-order valence-electron chi connectivity index (χ2n) is 6.19. The van der Waals surface area contributed by atoms with Crippen molar-refractivity contribution in [1.29, 1.82) is 0 Å². The normalized spacial score (nSPS) is 15.1. The van der Waals surface area contributed by atoms with Gasteiger partial charge in [-0.05, 0) is 24.5 Å². The largest absolute Gasteiger partial charge is 0.360 e. The number of hydrogen-bond acceptors (Lipinski definition) is 6. The number of rotatable bonds is 4. The van der Waals surface area contributed by atoms with Crippen LogP contribution in [0.4, 0.5) is 5.82 Å². The molecule has 23 heavy (non-hydrogen) atoms. The molecule has 3 aromatic heterocycles. The quantitative estimate of drug-likeness (QED) is 0.797. The van der Waals surface area contributed by atoms with Gasteiger partial charge in [-0.3, -0.25) is 4.98 Å². The molecule has 0 spiro atoms. The molecular weight excluding hydrogens is 290 g/mol. The molecule has 4 rings (SSSR count). The molecule has 0 fully saturated rings. The van der Waals surface area contributed by atoms with Crippen LogP contribution in [0.3, 0.4) is 0 Å². The van der Waals surface area contributed by atoms with Gasteiger partial charge in [0.25, 0.3) is 0 Å². The van der Waals surface area contributed by atoms with Gasteiger partial charge < -0.3 is 9.88 Å². The standard InChI is InChI=1S/C16H19N7/c1-10(2)14(16-22-21-13-4-3-9-23(13)16)19-12-6-5-11-15(20-12)18-8-7-17-11/h5-8,10,14H,3-4,9H2,1-2H3,(H,18,19,20). The Morgan fingerprint density at radius 3 is 2.87 bits per heavy atom. The number of anilines is 1. The number of nitrogens with zero attached hydrogens (tertiary/aromatic N) is 6. The number of hydrogen-bond donors (Lipinski definition) is 1. The molecule has 0 radical (unpaired) electrons. The van der Waals surface area contributed by atoms with E-state index in [1.165, 1.54) is 0 Å². The zero-order valence-corrected chi connectivity index (χ0v) is 13.3. The van der Waals surface area contributed by atoms with E-state index in [-0.39, 0.29) is 6.04 Å². The fourth-order valence-corrected chi connectivity index (χ4v) is 3.03. The Kier molecular flexibility index (Phi) is 3.40. The van der Waals surface area contributed by atoms with E-state index in [2.05, 4.69) is 48.9 Å². The third kappa shape index (κ3) is 2.52. The van der Waals surface area contributed by atoms with Crippen LogP contribution in [0.25, 0.3) is 11.2 Å². The van der Waals surface area contributed by atoms with Crippen molar-refractivity contribution in [1.82, 2.24) is 29.7 Å². The van der Waals surface area contributed by atoms with E-state index in [4.69, 9.17) is 0 Å². The molecule has 7 nitrogen and oxygen atoms in total. The fraction of sp³-hybridized carbons (Fsp3) is 0.438. The molecule has 1 aliphatic rings. The van der Waals surface area contributed by atoms with Crippen LogP contribution in [-0.4, -0.2) is 29.7 Å². The van der Waals surface area contributed by atoms with E-state index in [9.17, 15) is 0 Å². The highest BCUT2D eigenvalue weighted by atomic mass is 15.3. The molecule has 118 valence electrons. The Bertz CT molecular complexity index is 839. The molecule has 0 aliphatic carbocycles. The summed E-state index contributed by atoms with van der Waals surface area (Å²) >= 11 is 0. The van der Waals surface area contributed by atoms with Gasteiger partial charge in [0, 0.05) is 25.4 Å². The maximum absolute atomic E-state index is 4.56. The van der Waals surface area contributed by atoms with Crippen LogP contribution in [0.5, 0.6) is 0 Å². The monoisotopic (exact) mass is 309 g/mol. The predicted molar refractivity (Wildman–Crippen MR) is 86.9 cm³/mol. The molecule has 1 atom stereocenters. The van der Waals surface area contributed by atoms with Crippen molar-refractivity contribution >= 4 is 17.0 Å². The van der Waals surface area contributed by atoms with E-state index in [1.807, 2.05) is 12.1 Å². The Morgan fingerprint density at radius 2 is 2.00 bits per heavy atom. The SMILES string of the molecule is CC(C)C(Nc1ccc2nccnc2n1)c1nnc2n1CCC2. The van der Waals surface area contributed by atoms with Crippen molar-refractivity contribution in [2.24, 2.45) is 5.92 Å². The van der Waals surface area contributed by atoms with Crippen LogP contribution in [0, 0.1) is 5.92 Å². The summed E-state index contributed by atoms with van der Waals surface area (Å²) in [7, 11) is 0. The number of nitrogens with one attached hydrogen (secondary N) is 1. The number of aromatic nitrogens is 6. The molecule has 1 N–H and O–H groups in total. The number of pyridine rings is 1. The van der Waals surface area contributed by atoms with Crippen molar-refractivity contribution in [3.63, 3.8) is 0 Å². The zero-order valence-electron chi connectivity index (χ0n) is 13.3. The Hall–Kier alpha value is -2.57. The third-order valence-electron chi connectivity index (χ3n) is 4.22. The van der Waals surface area contributed by atoms with Gasteiger partial charge in [0.1, 0.15) is 17.2 Å². The molecule has 7 heteroatoms. The molecule has 1 unspecified atom stereocenters. The van der Waals surface area contributed by atoms with Crippen LogP contribution >= 0.6 is 0 Å². The zero-order chi connectivity index (χ0) is 15.8. The second kappa shape index (κ2) is 5.57. The van der Waals surface area contributed by atoms with Gasteiger partial charge in [0.15, 0.2) is 11.5 Å². The van der Waals surface area contributed by atoms with Crippen LogP contribution in [0.2, 0.25) is 0 Å². The lowest BCUT2D eigenvalue weighted by Gasteiger charge is -2.22. The first-order chi connectivity index (χ1) is 11.2. The highest BCUT2D eigenvalue weighted by Crippen LogP contribution is 2.28. The molecule has 4 heterocycles. The Balaban J connectivity index is 1.67.